The first-order valence-electron chi connectivity index (χ1n) is 6.21. The van der Waals surface area contributed by atoms with Crippen molar-refractivity contribution in [2.24, 2.45) is 0 Å². The van der Waals surface area contributed by atoms with E-state index in [0.717, 1.165) is 11.5 Å². The van der Waals surface area contributed by atoms with Gasteiger partial charge in [0.1, 0.15) is 11.5 Å². The number of carbonyl (C=O) groups is 1. The minimum absolute atomic E-state index is 0.189. The topological polar surface area (TPSA) is 55.1 Å². The van der Waals surface area contributed by atoms with Crippen LogP contribution in [-0.4, -0.2) is 10.9 Å². The molecule has 2 aromatic rings. The lowest BCUT2D eigenvalue weighted by atomic mass is 10.3. The molecule has 0 atom stereocenters. The first-order chi connectivity index (χ1) is 9.20. The summed E-state index contributed by atoms with van der Waals surface area (Å²) >= 11 is 1.47. The highest BCUT2D eigenvalue weighted by molar-refractivity contribution is 7.14. The van der Waals surface area contributed by atoms with Crippen LogP contribution in [0.1, 0.15) is 36.0 Å². The molecule has 0 spiro atoms. The van der Waals surface area contributed by atoms with Crippen molar-refractivity contribution in [1.82, 2.24) is 4.98 Å². The highest BCUT2D eigenvalue weighted by Crippen LogP contribution is 2.40. The Morgan fingerprint density at radius 3 is 3.05 bits per heavy atom. The van der Waals surface area contributed by atoms with Gasteiger partial charge in [0.2, 0.25) is 5.91 Å². The van der Waals surface area contributed by atoms with Gasteiger partial charge in [-0.05, 0) is 38.0 Å². The molecule has 4 nitrogen and oxygen atoms in total. The molecule has 1 aliphatic carbocycles. The summed E-state index contributed by atoms with van der Waals surface area (Å²) in [6.07, 6.45) is 5.54. The summed E-state index contributed by atoms with van der Waals surface area (Å²) in [5.74, 6) is 1.92. The van der Waals surface area contributed by atoms with Crippen LogP contribution in [0.4, 0.5) is 5.13 Å². The minimum Gasteiger partial charge on any atom is -0.462 e. The van der Waals surface area contributed by atoms with E-state index in [1.807, 2.05) is 24.4 Å². The first-order valence-corrected chi connectivity index (χ1v) is 7.09. The number of aromatic nitrogens is 1. The predicted molar refractivity (Wildman–Crippen MR) is 75.2 cm³/mol. The van der Waals surface area contributed by atoms with E-state index in [4.69, 9.17) is 4.42 Å². The Morgan fingerprint density at radius 1 is 1.53 bits per heavy atom. The Balaban J connectivity index is 1.59. The fraction of sp³-hybridized carbons (Fsp3) is 0.286. The zero-order valence-electron chi connectivity index (χ0n) is 10.6. The maximum absolute atomic E-state index is 11.7. The summed E-state index contributed by atoms with van der Waals surface area (Å²) < 4.78 is 5.35. The van der Waals surface area contributed by atoms with Gasteiger partial charge in [-0.3, -0.25) is 10.1 Å². The van der Waals surface area contributed by atoms with Gasteiger partial charge in [-0.25, -0.2) is 4.98 Å². The molecule has 0 bridgehead atoms. The van der Waals surface area contributed by atoms with Crippen molar-refractivity contribution < 1.29 is 9.21 Å². The Labute approximate surface area is 115 Å². The molecule has 1 N–H and O–H groups in total. The summed E-state index contributed by atoms with van der Waals surface area (Å²) in [6, 6.07) is 3.69. The average Bonchev–Trinajstić information content (AvgIpc) is 3.00. The highest BCUT2D eigenvalue weighted by atomic mass is 32.1. The first kappa shape index (κ1) is 12.2. The second kappa shape index (κ2) is 5.01. The van der Waals surface area contributed by atoms with Crippen molar-refractivity contribution in [3.05, 3.63) is 40.8 Å². The van der Waals surface area contributed by atoms with Crippen molar-refractivity contribution in [1.29, 1.82) is 0 Å². The van der Waals surface area contributed by atoms with E-state index < -0.39 is 0 Å². The largest absolute Gasteiger partial charge is 0.462 e. The Bertz CT molecular complexity index is 623. The van der Waals surface area contributed by atoms with Gasteiger partial charge in [-0.15, -0.1) is 11.3 Å². The van der Waals surface area contributed by atoms with E-state index in [1.165, 1.54) is 30.3 Å². The Kier molecular flexibility index (Phi) is 3.21. The number of nitrogens with one attached hydrogen (secondary N) is 1. The quantitative estimate of drug-likeness (QED) is 0.867. The van der Waals surface area contributed by atoms with E-state index in [0.29, 0.717) is 16.8 Å². The van der Waals surface area contributed by atoms with Crippen LogP contribution in [-0.2, 0) is 4.79 Å². The third-order valence-corrected chi connectivity index (χ3v) is 3.68. The van der Waals surface area contributed by atoms with Gasteiger partial charge in [0, 0.05) is 17.4 Å². The smallest absolute Gasteiger partial charge is 0.250 e. The van der Waals surface area contributed by atoms with E-state index in [9.17, 15) is 4.79 Å². The second-order valence-electron chi connectivity index (χ2n) is 4.62. The van der Waals surface area contributed by atoms with Crippen molar-refractivity contribution in [2.75, 3.05) is 5.32 Å². The van der Waals surface area contributed by atoms with Crippen LogP contribution in [0.15, 0.2) is 28.0 Å². The summed E-state index contributed by atoms with van der Waals surface area (Å²) in [5, 5.41) is 5.44. The monoisotopic (exact) mass is 274 g/mol. The number of carbonyl (C=O) groups excluding carboxylic acids is 1. The molecule has 3 rings (SSSR count). The van der Waals surface area contributed by atoms with Crippen molar-refractivity contribution in [3.63, 3.8) is 0 Å². The van der Waals surface area contributed by atoms with Gasteiger partial charge in [0.05, 0.1) is 5.69 Å². The van der Waals surface area contributed by atoms with E-state index in [1.54, 1.807) is 6.08 Å². The molecule has 2 aromatic heterocycles. The normalized spacial score (nSPS) is 15.0. The molecular weight excluding hydrogens is 260 g/mol. The lowest BCUT2D eigenvalue weighted by Crippen LogP contribution is -2.07. The predicted octanol–water partition coefficient (Wildman–Crippen LogP) is 3.57. The van der Waals surface area contributed by atoms with E-state index in [-0.39, 0.29) is 5.91 Å². The van der Waals surface area contributed by atoms with Crippen molar-refractivity contribution in [3.8, 4) is 0 Å². The summed E-state index contributed by atoms with van der Waals surface area (Å²) in [7, 11) is 0. The van der Waals surface area contributed by atoms with Gasteiger partial charge >= 0.3 is 0 Å². The number of thiazole rings is 1. The third kappa shape index (κ3) is 3.12. The lowest BCUT2D eigenvalue weighted by Gasteiger charge is -1.95. The van der Waals surface area contributed by atoms with Gasteiger partial charge in [-0.2, -0.15) is 0 Å². The average molecular weight is 274 g/mol. The minimum atomic E-state index is -0.189. The van der Waals surface area contributed by atoms with Crippen LogP contribution >= 0.6 is 11.3 Å². The maximum Gasteiger partial charge on any atom is 0.250 e. The molecule has 0 aromatic carbocycles. The number of rotatable bonds is 4. The standard InChI is InChI=1S/C14H14N2O2S/c1-9-2-5-11(18-9)6-7-13(17)16-14-15-12(8-19-14)10-3-4-10/h2,5-8,10H,3-4H2,1H3,(H,15,16,17)/b7-6+. The van der Waals surface area contributed by atoms with Gasteiger partial charge < -0.3 is 4.42 Å². The molecule has 1 fully saturated rings. The molecule has 5 heteroatoms. The summed E-state index contributed by atoms with van der Waals surface area (Å²) in [6.45, 7) is 1.87. The van der Waals surface area contributed by atoms with Gasteiger partial charge in [-0.1, -0.05) is 0 Å². The van der Waals surface area contributed by atoms with Crippen LogP contribution < -0.4 is 5.32 Å². The van der Waals surface area contributed by atoms with Crippen molar-refractivity contribution in [2.45, 2.75) is 25.7 Å². The molecule has 0 saturated heterocycles. The van der Waals surface area contributed by atoms with Crippen molar-refractivity contribution >= 4 is 28.5 Å². The maximum atomic E-state index is 11.7. The van der Waals surface area contributed by atoms with E-state index >= 15 is 0 Å². The third-order valence-electron chi connectivity index (χ3n) is 2.91. The zero-order valence-corrected chi connectivity index (χ0v) is 11.4. The molecule has 0 radical (unpaired) electrons. The van der Waals surface area contributed by atoms with Crippen LogP contribution in [0, 0.1) is 6.92 Å². The van der Waals surface area contributed by atoms with Crippen LogP contribution in [0.2, 0.25) is 0 Å². The van der Waals surface area contributed by atoms with Gasteiger partial charge in [0.15, 0.2) is 5.13 Å². The van der Waals surface area contributed by atoms with Crippen LogP contribution in [0.5, 0.6) is 0 Å². The Morgan fingerprint density at radius 2 is 2.37 bits per heavy atom. The number of amides is 1. The molecule has 98 valence electrons. The second-order valence-corrected chi connectivity index (χ2v) is 5.48. The number of aryl methyl sites for hydroxylation is 1. The zero-order chi connectivity index (χ0) is 13.2. The fourth-order valence-electron chi connectivity index (χ4n) is 1.76. The summed E-state index contributed by atoms with van der Waals surface area (Å²) in [4.78, 5) is 16.1. The number of nitrogens with zero attached hydrogens (tertiary/aromatic N) is 1. The molecule has 2 heterocycles. The van der Waals surface area contributed by atoms with Crippen LogP contribution in [0.25, 0.3) is 6.08 Å². The molecule has 0 unspecified atom stereocenters. The van der Waals surface area contributed by atoms with Crippen LogP contribution in [0.3, 0.4) is 0 Å². The molecule has 19 heavy (non-hydrogen) atoms. The number of hydrogen-bond acceptors (Lipinski definition) is 4. The van der Waals surface area contributed by atoms with Gasteiger partial charge in [0.25, 0.3) is 0 Å². The number of anilines is 1. The SMILES string of the molecule is Cc1ccc(/C=C/C(=O)Nc2nc(C3CC3)cs2)o1. The molecule has 1 amide bonds. The fourth-order valence-corrected chi connectivity index (χ4v) is 2.55. The molecule has 1 saturated carbocycles. The lowest BCUT2D eigenvalue weighted by molar-refractivity contribution is -0.111. The Hall–Kier alpha value is -1.88. The molecule has 0 aliphatic heterocycles. The number of hydrogen-bond donors (Lipinski definition) is 1. The molecular formula is C14H14N2O2S. The highest BCUT2D eigenvalue weighted by Gasteiger charge is 2.26. The summed E-state index contributed by atoms with van der Waals surface area (Å²) in [5.41, 5.74) is 1.10. The molecule has 1 aliphatic rings. The van der Waals surface area contributed by atoms with E-state index in [2.05, 4.69) is 10.3 Å². The number of furan rings is 1.